The van der Waals surface area contributed by atoms with Crippen LogP contribution < -0.4 is 4.74 Å². The summed E-state index contributed by atoms with van der Waals surface area (Å²) in [6.45, 7) is 4.46. The van der Waals surface area contributed by atoms with Crippen molar-refractivity contribution in [3.8, 4) is 5.88 Å². The van der Waals surface area contributed by atoms with Gasteiger partial charge in [0, 0.05) is 12.3 Å². The summed E-state index contributed by atoms with van der Waals surface area (Å²) >= 11 is 0. The summed E-state index contributed by atoms with van der Waals surface area (Å²) in [6.07, 6.45) is 2.76. The number of ether oxygens (including phenoxy) is 1. The molecule has 0 spiro atoms. The van der Waals surface area contributed by atoms with E-state index in [9.17, 15) is 14.9 Å². The van der Waals surface area contributed by atoms with Crippen LogP contribution in [0.15, 0.2) is 12.3 Å². The molecule has 0 fully saturated rings. The molecule has 1 aromatic heterocycles. The van der Waals surface area contributed by atoms with Crippen LogP contribution in [0, 0.1) is 16.0 Å². The van der Waals surface area contributed by atoms with Crippen molar-refractivity contribution in [2.45, 2.75) is 26.7 Å². The highest BCUT2D eigenvalue weighted by atomic mass is 16.6. The number of pyridine rings is 1. The van der Waals surface area contributed by atoms with Gasteiger partial charge in [-0.15, -0.1) is 0 Å². The maximum absolute atomic E-state index is 10.8. The normalized spacial score (nSPS) is 10.5. The molecule has 7 nitrogen and oxygen atoms in total. The summed E-state index contributed by atoms with van der Waals surface area (Å²) in [7, 11) is 0. The minimum Gasteiger partial charge on any atom is -0.478 e. The van der Waals surface area contributed by atoms with Crippen LogP contribution in [0.5, 0.6) is 5.88 Å². The smallest absolute Gasteiger partial charge is 0.337 e. The summed E-state index contributed by atoms with van der Waals surface area (Å²) in [4.78, 5) is 24.5. The van der Waals surface area contributed by atoms with Crippen LogP contribution in [-0.4, -0.2) is 27.6 Å². The average molecular weight is 268 g/mol. The van der Waals surface area contributed by atoms with Crippen LogP contribution in [-0.2, 0) is 0 Å². The lowest BCUT2D eigenvalue weighted by molar-refractivity contribution is -0.386. The number of carboxylic acids is 1. The number of nitro groups is 1. The summed E-state index contributed by atoms with van der Waals surface area (Å²) in [6, 6.07) is 0.952. The van der Waals surface area contributed by atoms with Crippen molar-refractivity contribution >= 4 is 11.7 Å². The second kappa shape index (κ2) is 6.67. The molecule has 0 aromatic carbocycles. The minimum atomic E-state index is -1.26. The standard InChI is InChI=1S/C12H16N2O5/c1-8(2)4-3-5-19-11-10(14(17)18)6-9(7-13-11)12(15)16/h6-8H,3-5H2,1-2H3,(H,15,16). The summed E-state index contributed by atoms with van der Waals surface area (Å²) < 4.78 is 5.24. The van der Waals surface area contributed by atoms with Crippen LogP contribution in [0.3, 0.4) is 0 Å². The first-order valence-electron chi connectivity index (χ1n) is 5.92. The van der Waals surface area contributed by atoms with Crippen molar-refractivity contribution in [1.29, 1.82) is 0 Å². The molecule has 104 valence electrons. The maximum atomic E-state index is 10.8. The van der Waals surface area contributed by atoms with Crippen molar-refractivity contribution in [2.75, 3.05) is 6.61 Å². The third-order valence-corrected chi connectivity index (χ3v) is 2.44. The van der Waals surface area contributed by atoms with E-state index in [0.29, 0.717) is 12.5 Å². The first-order chi connectivity index (χ1) is 8.91. The van der Waals surface area contributed by atoms with Gasteiger partial charge in [-0.25, -0.2) is 9.78 Å². The SMILES string of the molecule is CC(C)CCCOc1ncc(C(=O)O)cc1[N+](=O)[O-]. The molecule has 0 saturated heterocycles. The fraction of sp³-hybridized carbons (Fsp3) is 0.500. The molecule has 0 saturated carbocycles. The summed E-state index contributed by atoms with van der Waals surface area (Å²) in [5.41, 5.74) is -0.661. The van der Waals surface area contributed by atoms with E-state index in [1.807, 2.05) is 0 Å². The van der Waals surface area contributed by atoms with Gasteiger partial charge in [0.1, 0.15) is 0 Å². The highest BCUT2D eigenvalue weighted by molar-refractivity contribution is 5.88. The van der Waals surface area contributed by atoms with Crippen molar-refractivity contribution in [1.82, 2.24) is 4.98 Å². The molecule has 1 N–H and O–H groups in total. The quantitative estimate of drug-likeness (QED) is 0.463. The van der Waals surface area contributed by atoms with Gasteiger partial charge < -0.3 is 9.84 Å². The van der Waals surface area contributed by atoms with E-state index < -0.39 is 16.6 Å². The third kappa shape index (κ3) is 4.53. The maximum Gasteiger partial charge on any atom is 0.337 e. The van der Waals surface area contributed by atoms with Gasteiger partial charge in [0.05, 0.1) is 17.1 Å². The second-order valence-electron chi connectivity index (χ2n) is 4.50. The Balaban J connectivity index is 2.77. The zero-order chi connectivity index (χ0) is 14.4. The van der Waals surface area contributed by atoms with E-state index in [-0.39, 0.29) is 11.4 Å². The van der Waals surface area contributed by atoms with Gasteiger partial charge in [0.15, 0.2) is 0 Å². The Morgan fingerprint density at radius 3 is 2.79 bits per heavy atom. The number of hydrogen-bond acceptors (Lipinski definition) is 5. The Morgan fingerprint density at radius 1 is 1.58 bits per heavy atom. The van der Waals surface area contributed by atoms with Gasteiger partial charge in [-0.3, -0.25) is 10.1 Å². The highest BCUT2D eigenvalue weighted by Gasteiger charge is 2.20. The topological polar surface area (TPSA) is 103 Å². The van der Waals surface area contributed by atoms with E-state index in [4.69, 9.17) is 9.84 Å². The van der Waals surface area contributed by atoms with Gasteiger partial charge in [0.2, 0.25) is 0 Å². The van der Waals surface area contributed by atoms with Gasteiger partial charge in [0.25, 0.3) is 5.88 Å². The molecule has 0 unspecified atom stereocenters. The van der Waals surface area contributed by atoms with Crippen LogP contribution in [0.25, 0.3) is 0 Å². The second-order valence-corrected chi connectivity index (χ2v) is 4.50. The molecule has 0 aliphatic rings. The lowest BCUT2D eigenvalue weighted by Crippen LogP contribution is -2.06. The molecular formula is C12H16N2O5. The zero-order valence-electron chi connectivity index (χ0n) is 10.8. The summed E-state index contributed by atoms with van der Waals surface area (Å²) in [5.74, 6) is -0.873. The molecule has 0 bridgehead atoms. The molecular weight excluding hydrogens is 252 g/mol. The number of nitrogens with zero attached hydrogens (tertiary/aromatic N) is 2. The van der Waals surface area contributed by atoms with Gasteiger partial charge in [-0.05, 0) is 18.8 Å². The van der Waals surface area contributed by atoms with E-state index in [0.717, 1.165) is 25.1 Å². The van der Waals surface area contributed by atoms with E-state index in [2.05, 4.69) is 18.8 Å². The van der Waals surface area contributed by atoms with Gasteiger partial charge in [-0.1, -0.05) is 13.8 Å². The largest absolute Gasteiger partial charge is 0.478 e. The fourth-order valence-corrected chi connectivity index (χ4v) is 1.46. The monoisotopic (exact) mass is 268 g/mol. The van der Waals surface area contributed by atoms with Gasteiger partial charge in [-0.2, -0.15) is 0 Å². The van der Waals surface area contributed by atoms with E-state index in [1.165, 1.54) is 0 Å². The van der Waals surface area contributed by atoms with E-state index >= 15 is 0 Å². The Labute approximate surface area is 110 Å². The number of rotatable bonds is 7. The first-order valence-corrected chi connectivity index (χ1v) is 5.92. The molecule has 1 heterocycles. The number of carbonyl (C=O) groups is 1. The molecule has 0 radical (unpaired) electrons. The molecule has 0 amide bonds. The highest BCUT2D eigenvalue weighted by Crippen LogP contribution is 2.25. The molecule has 7 heteroatoms. The molecule has 0 aliphatic carbocycles. The molecule has 1 rings (SSSR count). The van der Waals surface area contributed by atoms with Gasteiger partial charge >= 0.3 is 11.7 Å². The number of hydrogen-bond donors (Lipinski definition) is 1. The van der Waals surface area contributed by atoms with E-state index in [1.54, 1.807) is 0 Å². The third-order valence-electron chi connectivity index (χ3n) is 2.44. The Bertz CT molecular complexity index is 473. The molecule has 0 atom stereocenters. The molecule has 1 aromatic rings. The average Bonchev–Trinajstić information content (AvgIpc) is 2.34. The van der Waals surface area contributed by atoms with Crippen molar-refractivity contribution < 1.29 is 19.6 Å². The molecule has 19 heavy (non-hydrogen) atoms. The molecule has 0 aliphatic heterocycles. The Kier molecular flexibility index (Phi) is 5.23. The number of carboxylic acid groups (broad SMARTS) is 1. The first kappa shape index (κ1) is 14.9. The Morgan fingerprint density at radius 2 is 2.26 bits per heavy atom. The van der Waals surface area contributed by atoms with Crippen molar-refractivity contribution in [3.05, 3.63) is 27.9 Å². The zero-order valence-corrected chi connectivity index (χ0v) is 10.8. The summed E-state index contributed by atoms with van der Waals surface area (Å²) in [5, 5.41) is 19.6. The van der Waals surface area contributed by atoms with Crippen molar-refractivity contribution in [3.63, 3.8) is 0 Å². The predicted octanol–water partition coefficient (Wildman–Crippen LogP) is 2.50. The Hall–Kier alpha value is -2.18. The lowest BCUT2D eigenvalue weighted by atomic mass is 10.1. The predicted molar refractivity (Wildman–Crippen MR) is 67.4 cm³/mol. The number of aromatic carboxylic acids is 1. The van der Waals surface area contributed by atoms with Crippen LogP contribution in [0.2, 0.25) is 0 Å². The van der Waals surface area contributed by atoms with Crippen molar-refractivity contribution in [2.24, 2.45) is 5.92 Å². The lowest BCUT2D eigenvalue weighted by Gasteiger charge is -2.07. The minimum absolute atomic E-state index is 0.140. The number of aromatic nitrogens is 1. The van der Waals surface area contributed by atoms with Crippen LogP contribution in [0.1, 0.15) is 37.0 Å². The van der Waals surface area contributed by atoms with Crippen LogP contribution >= 0.6 is 0 Å². The van der Waals surface area contributed by atoms with Crippen LogP contribution in [0.4, 0.5) is 5.69 Å². The fourth-order valence-electron chi connectivity index (χ4n) is 1.46.